The zero-order valence-corrected chi connectivity index (χ0v) is 17.0. The van der Waals surface area contributed by atoms with Crippen molar-refractivity contribution in [2.75, 3.05) is 11.1 Å². The van der Waals surface area contributed by atoms with Crippen LogP contribution in [0.2, 0.25) is 0 Å². The van der Waals surface area contributed by atoms with Gasteiger partial charge in [0.05, 0.1) is 22.7 Å². The Bertz CT molecular complexity index is 1200. The van der Waals surface area contributed by atoms with Gasteiger partial charge in [-0.2, -0.15) is 0 Å². The summed E-state index contributed by atoms with van der Waals surface area (Å²) in [5.41, 5.74) is 9.00. The molecule has 5 nitrogen and oxygen atoms in total. The molecule has 30 heavy (non-hydrogen) atoms. The largest absolute Gasteiger partial charge is 0.397 e. The molecule has 0 aliphatic rings. The highest BCUT2D eigenvalue weighted by Gasteiger charge is 2.12. The minimum atomic E-state index is -0.188. The Labute approximate surface area is 178 Å². The first-order valence-corrected chi connectivity index (χ1v) is 10.4. The number of nitrogens with two attached hydrogens (primary N) is 1. The fraction of sp³-hybridized carbons (Fsp3) is 0.0833. The van der Waals surface area contributed by atoms with Crippen LogP contribution in [0.25, 0.3) is 10.1 Å². The van der Waals surface area contributed by atoms with E-state index in [1.807, 2.05) is 66.7 Å². The Morgan fingerprint density at radius 1 is 0.867 bits per heavy atom. The van der Waals surface area contributed by atoms with Crippen LogP contribution >= 0.6 is 11.3 Å². The predicted molar refractivity (Wildman–Crippen MR) is 123 cm³/mol. The third-order valence-corrected chi connectivity index (χ3v) is 5.83. The van der Waals surface area contributed by atoms with Gasteiger partial charge in [0.15, 0.2) is 0 Å². The molecule has 0 saturated heterocycles. The van der Waals surface area contributed by atoms with Gasteiger partial charge in [-0.15, -0.1) is 11.3 Å². The number of carbonyl (C=O) groups excluding carboxylic acids is 2. The normalized spacial score (nSPS) is 10.7. The minimum Gasteiger partial charge on any atom is -0.397 e. The lowest BCUT2D eigenvalue weighted by atomic mass is 10.1. The van der Waals surface area contributed by atoms with Gasteiger partial charge in [-0.3, -0.25) is 9.59 Å². The number of hydrogen-bond acceptors (Lipinski definition) is 4. The van der Waals surface area contributed by atoms with Crippen molar-refractivity contribution < 1.29 is 9.59 Å². The number of para-hydroxylation sites is 2. The third-order valence-electron chi connectivity index (χ3n) is 4.71. The SMILES string of the molecule is Nc1ccccc1NC(=O)c1cc2cc(CNC(=O)Cc3ccccc3)ccc2s1. The molecule has 150 valence electrons. The summed E-state index contributed by atoms with van der Waals surface area (Å²) in [5, 5.41) is 6.78. The molecule has 1 aromatic heterocycles. The van der Waals surface area contributed by atoms with Gasteiger partial charge in [-0.25, -0.2) is 0 Å². The zero-order valence-electron chi connectivity index (χ0n) is 16.2. The van der Waals surface area contributed by atoms with Crippen molar-refractivity contribution in [1.82, 2.24) is 5.32 Å². The van der Waals surface area contributed by atoms with Gasteiger partial charge in [0.1, 0.15) is 0 Å². The molecule has 0 bridgehead atoms. The smallest absolute Gasteiger partial charge is 0.265 e. The summed E-state index contributed by atoms with van der Waals surface area (Å²) < 4.78 is 1.01. The number of hydrogen-bond donors (Lipinski definition) is 3. The van der Waals surface area contributed by atoms with Crippen LogP contribution in [0, 0.1) is 0 Å². The molecule has 4 N–H and O–H groups in total. The van der Waals surface area contributed by atoms with Crippen LogP contribution in [0.3, 0.4) is 0 Å². The van der Waals surface area contributed by atoms with Crippen LogP contribution in [0.5, 0.6) is 0 Å². The molecule has 0 atom stereocenters. The van der Waals surface area contributed by atoms with Crippen LogP contribution < -0.4 is 16.4 Å². The molecule has 1 heterocycles. The van der Waals surface area contributed by atoms with Gasteiger partial charge in [0.25, 0.3) is 5.91 Å². The average molecular weight is 416 g/mol. The van der Waals surface area contributed by atoms with Crippen LogP contribution in [0.4, 0.5) is 11.4 Å². The van der Waals surface area contributed by atoms with Crippen molar-refractivity contribution in [2.24, 2.45) is 0 Å². The molecule has 0 fully saturated rings. The molecule has 0 saturated carbocycles. The van der Waals surface area contributed by atoms with Crippen molar-refractivity contribution in [2.45, 2.75) is 13.0 Å². The monoisotopic (exact) mass is 415 g/mol. The van der Waals surface area contributed by atoms with Crippen molar-refractivity contribution in [3.05, 3.63) is 94.9 Å². The standard InChI is InChI=1S/C24H21N3O2S/c25-19-8-4-5-9-20(19)27-24(29)22-14-18-12-17(10-11-21(18)30-22)15-26-23(28)13-16-6-2-1-3-7-16/h1-12,14H,13,15,25H2,(H,26,28)(H,27,29). The highest BCUT2D eigenvalue weighted by molar-refractivity contribution is 7.20. The van der Waals surface area contributed by atoms with Crippen LogP contribution in [0.15, 0.2) is 78.9 Å². The van der Waals surface area contributed by atoms with Crippen molar-refractivity contribution in [1.29, 1.82) is 0 Å². The Morgan fingerprint density at radius 3 is 2.43 bits per heavy atom. The summed E-state index contributed by atoms with van der Waals surface area (Å²) in [4.78, 5) is 25.4. The van der Waals surface area contributed by atoms with Gasteiger partial charge < -0.3 is 16.4 Å². The molecular formula is C24H21N3O2S. The molecule has 0 aliphatic carbocycles. The van der Waals surface area contributed by atoms with E-state index < -0.39 is 0 Å². The second-order valence-electron chi connectivity index (χ2n) is 6.96. The molecule has 0 spiro atoms. The molecule has 3 aromatic carbocycles. The lowest BCUT2D eigenvalue weighted by molar-refractivity contribution is -0.120. The van der Waals surface area contributed by atoms with Crippen molar-refractivity contribution >= 4 is 44.6 Å². The number of amides is 2. The summed E-state index contributed by atoms with van der Waals surface area (Å²) >= 11 is 1.43. The number of rotatable bonds is 6. The number of anilines is 2. The summed E-state index contributed by atoms with van der Waals surface area (Å²) in [6.07, 6.45) is 0.356. The first-order chi connectivity index (χ1) is 14.6. The molecule has 4 aromatic rings. The van der Waals surface area contributed by atoms with Crippen molar-refractivity contribution in [3.8, 4) is 0 Å². The maximum atomic E-state index is 12.6. The van der Waals surface area contributed by atoms with E-state index in [0.717, 1.165) is 21.2 Å². The van der Waals surface area contributed by atoms with E-state index in [9.17, 15) is 9.59 Å². The highest BCUT2D eigenvalue weighted by atomic mass is 32.1. The molecular weight excluding hydrogens is 394 g/mol. The average Bonchev–Trinajstić information content (AvgIpc) is 3.18. The van der Waals surface area contributed by atoms with Crippen LogP contribution in [-0.4, -0.2) is 11.8 Å². The minimum absolute atomic E-state index is 0.0212. The second-order valence-corrected chi connectivity index (χ2v) is 8.05. The Morgan fingerprint density at radius 2 is 1.63 bits per heavy atom. The van der Waals surface area contributed by atoms with Crippen LogP contribution in [0.1, 0.15) is 20.8 Å². The summed E-state index contributed by atoms with van der Waals surface area (Å²) in [6.45, 7) is 0.444. The van der Waals surface area contributed by atoms with E-state index in [0.29, 0.717) is 29.2 Å². The van der Waals surface area contributed by atoms with E-state index in [4.69, 9.17) is 5.73 Å². The number of nitrogen functional groups attached to an aromatic ring is 1. The molecule has 4 rings (SSSR count). The van der Waals surface area contributed by atoms with Gasteiger partial charge in [-0.1, -0.05) is 48.5 Å². The van der Waals surface area contributed by atoms with Gasteiger partial charge in [0.2, 0.25) is 5.91 Å². The molecule has 2 amide bonds. The maximum Gasteiger partial charge on any atom is 0.265 e. The first kappa shape index (κ1) is 19.7. The number of fused-ring (bicyclic) bond motifs is 1. The quantitative estimate of drug-likeness (QED) is 0.403. The second kappa shape index (κ2) is 8.80. The summed E-state index contributed by atoms with van der Waals surface area (Å²) in [7, 11) is 0. The molecule has 0 aliphatic heterocycles. The maximum absolute atomic E-state index is 12.6. The van der Waals surface area contributed by atoms with E-state index >= 15 is 0 Å². The van der Waals surface area contributed by atoms with Crippen LogP contribution in [-0.2, 0) is 17.8 Å². The Hall–Kier alpha value is -3.64. The number of nitrogens with one attached hydrogen (secondary N) is 2. The lowest BCUT2D eigenvalue weighted by Gasteiger charge is -2.06. The van der Waals surface area contributed by atoms with Gasteiger partial charge >= 0.3 is 0 Å². The number of carbonyl (C=O) groups is 2. The Balaban J connectivity index is 1.41. The summed E-state index contributed by atoms with van der Waals surface area (Å²) in [6, 6.07) is 24.6. The topological polar surface area (TPSA) is 84.2 Å². The summed E-state index contributed by atoms with van der Waals surface area (Å²) in [5.74, 6) is -0.209. The lowest BCUT2D eigenvalue weighted by Crippen LogP contribution is -2.24. The van der Waals surface area contributed by atoms with E-state index in [2.05, 4.69) is 10.6 Å². The molecule has 0 radical (unpaired) electrons. The highest BCUT2D eigenvalue weighted by Crippen LogP contribution is 2.28. The molecule has 0 unspecified atom stereocenters. The number of thiophene rings is 1. The molecule has 6 heteroatoms. The zero-order chi connectivity index (χ0) is 20.9. The van der Waals surface area contributed by atoms with E-state index in [-0.39, 0.29) is 11.8 Å². The predicted octanol–water partition coefficient (Wildman–Crippen LogP) is 4.59. The first-order valence-electron chi connectivity index (χ1n) is 9.57. The van der Waals surface area contributed by atoms with Gasteiger partial charge in [-0.05, 0) is 46.8 Å². The number of benzene rings is 3. The fourth-order valence-electron chi connectivity index (χ4n) is 3.15. The van der Waals surface area contributed by atoms with Gasteiger partial charge in [0, 0.05) is 11.2 Å². The third kappa shape index (κ3) is 4.67. The Kier molecular flexibility index (Phi) is 5.77. The van der Waals surface area contributed by atoms with E-state index in [1.165, 1.54) is 11.3 Å². The fourth-order valence-corrected chi connectivity index (χ4v) is 4.09. The van der Waals surface area contributed by atoms with E-state index in [1.54, 1.807) is 12.1 Å². The van der Waals surface area contributed by atoms with Crippen molar-refractivity contribution in [3.63, 3.8) is 0 Å².